The van der Waals surface area contributed by atoms with Gasteiger partial charge in [-0.3, -0.25) is 4.79 Å². The van der Waals surface area contributed by atoms with Gasteiger partial charge >= 0.3 is 0 Å². The molecule has 0 fully saturated rings. The molecule has 0 unspecified atom stereocenters. The average molecular weight is 246 g/mol. The molecular formula is C11H6N2OS2. The summed E-state index contributed by atoms with van der Waals surface area (Å²) in [4.78, 5) is 21.1. The Kier molecular flexibility index (Phi) is 2.27. The first kappa shape index (κ1) is 9.62. The van der Waals surface area contributed by atoms with E-state index in [1.807, 2.05) is 29.0 Å². The zero-order valence-corrected chi connectivity index (χ0v) is 9.72. The predicted octanol–water partition coefficient (Wildman–Crippen LogP) is 2.98. The molecule has 0 bridgehead atoms. The van der Waals surface area contributed by atoms with Gasteiger partial charge in [-0.2, -0.15) is 0 Å². The maximum atomic E-state index is 12.1. The molecular weight excluding hydrogens is 240 g/mol. The third-order valence-electron chi connectivity index (χ3n) is 2.20. The Hall–Kier alpha value is -1.59. The summed E-state index contributed by atoms with van der Waals surface area (Å²) >= 11 is 2.93. The minimum absolute atomic E-state index is 0.0233. The van der Waals surface area contributed by atoms with Crippen molar-refractivity contribution in [3.63, 3.8) is 0 Å². The van der Waals surface area contributed by atoms with Crippen LogP contribution >= 0.6 is 22.7 Å². The molecule has 0 saturated carbocycles. The van der Waals surface area contributed by atoms with E-state index in [0.29, 0.717) is 10.6 Å². The molecule has 0 aliphatic heterocycles. The van der Waals surface area contributed by atoms with Crippen molar-refractivity contribution in [2.24, 2.45) is 0 Å². The van der Waals surface area contributed by atoms with Gasteiger partial charge in [0, 0.05) is 0 Å². The van der Waals surface area contributed by atoms with Crippen molar-refractivity contribution in [1.29, 1.82) is 0 Å². The summed E-state index contributed by atoms with van der Waals surface area (Å²) in [6.45, 7) is 0. The predicted molar refractivity (Wildman–Crippen MR) is 65.2 cm³/mol. The van der Waals surface area contributed by atoms with E-state index in [1.165, 1.54) is 29.0 Å². The van der Waals surface area contributed by atoms with Gasteiger partial charge in [-0.25, -0.2) is 9.97 Å². The largest absolute Gasteiger partial charge is 0.286 e. The molecule has 0 N–H and O–H groups in total. The van der Waals surface area contributed by atoms with Gasteiger partial charge < -0.3 is 0 Å². The van der Waals surface area contributed by atoms with Gasteiger partial charge in [0.25, 0.3) is 0 Å². The minimum Gasteiger partial charge on any atom is -0.286 e. The van der Waals surface area contributed by atoms with E-state index < -0.39 is 0 Å². The van der Waals surface area contributed by atoms with Crippen LogP contribution in [-0.2, 0) is 0 Å². The molecule has 16 heavy (non-hydrogen) atoms. The van der Waals surface area contributed by atoms with Crippen LogP contribution in [0.5, 0.6) is 0 Å². The quantitative estimate of drug-likeness (QED) is 0.653. The van der Waals surface area contributed by atoms with Crippen molar-refractivity contribution in [1.82, 2.24) is 9.97 Å². The molecule has 0 aliphatic carbocycles. The Balaban J connectivity index is 2.19. The topological polar surface area (TPSA) is 42.9 Å². The molecule has 3 aromatic rings. The molecule has 0 aliphatic rings. The smallest absolute Gasteiger partial charge is 0.222 e. The molecule has 0 amide bonds. The van der Waals surface area contributed by atoms with Gasteiger partial charge in [-0.05, 0) is 22.9 Å². The number of hydrogen-bond acceptors (Lipinski definition) is 5. The zero-order chi connectivity index (χ0) is 11.0. The van der Waals surface area contributed by atoms with Crippen molar-refractivity contribution in [2.75, 3.05) is 0 Å². The Morgan fingerprint density at radius 3 is 2.88 bits per heavy atom. The lowest BCUT2D eigenvalue weighted by Gasteiger charge is -1.97. The molecule has 0 aromatic carbocycles. The molecule has 3 rings (SSSR count). The van der Waals surface area contributed by atoms with Crippen molar-refractivity contribution in [3.05, 3.63) is 45.9 Å². The number of aromatic nitrogens is 2. The second-order valence-corrected chi connectivity index (χ2v) is 5.03. The van der Waals surface area contributed by atoms with Gasteiger partial charge in [0.05, 0.1) is 15.1 Å². The van der Waals surface area contributed by atoms with Crippen LogP contribution in [0.3, 0.4) is 0 Å². The highest BCUT2D eigenvalue weighted by Gasteiger charge is 2.15. The number of fused-ring (bicyclic) bond motifs is 1. The average Bonchev–Trinajstić information content (AvgIpc) is 2.98. The number of hydrogen-bond donors (Lipinski definition) is 0. The van der Waals surface area contributed by atoms with E-state index in [0.717, 1.165) is 10.2 Å². The monoisotopic (exact) mass is 246 g/mol. The molecule has 0 spiro atoms. The lowest BCUT2D eigenvalue weighted by molar-refractivity contribution is 0.103. The van der Waals surface area contributed by atoms with Crippen molar-refractivity contribution >= 4 is 38.7 Å². The second kappa shape index (κ2) is 3.77. The van der Waals surface area contributed by atoms with Gasteiger partial charge in [-0.1, -0.05) is 6.07 Å². The second-order valence-electron chi connectivity index (χ2n) is 3.16. The highest BCUT2D eigenvalue weighted by Crippen LogP contribution is 2.24. The number of carbonyl (C=O) groups excluding carboxylic acids is 1. The van der Waals surface area contributed by atoms with E-state index in [9.17, 15) is 4.79 Å². The summed E-state index contributed by atoms with van der Waals surface area (Å²) in [6.07, 6.45) is 1.44. The Bertz CT molecular complexity index is 643. The molecule has 3 heterocycles. The third kappa shape index (κ3) is 1.45. The van der Waals surface area contributed by atoms with Crippen molar-refractivity contribution < 1.29 is 4.79 Å². The summed E-state index contributed by atoms with van der Waals surface area (Å²) in [6, 6.07) is 5.58. The summed E-state index contributed by atoms with van der Waals surface area (Å²) in [5.74, 6) is -0.0233. The van der Waals surface area contributed by atoms with E-state index >= 15 is 0 Å². The fraction of sp³-hybridized carbons (Fsp3) is 0. The summed E-state index contributed by atoms with van der Waals surface area (Å²) < 4.78 is 0.862. The maximum Gasteiger partial charge on any atom is 0.222 e. The van der Waals surface area contributed by atoms with Crippen LogP contribution in [0.2, 0.25) is 0 Å². The Morgan fingerprint density at radius 2 is 2.06 bits per heavy atom. The van der Waals surface area contributed by atoms with E-state index in [-0.39, 0.29) is 5.78 Å². The Morgan fingerprint density at radius 1 is 1.12 bits per heavy atom. The number of ketones is 1. The first-order valence-corrected chi connectivity index (χ1v) is 6.38. The number of nitrogens with zero attached hydrogens (tertiary/aromatic N) is 2. The van der Waals surface area contributed by atoms with Crippen molar-refractivity contribution in [2.45, 2.75) is 0 Å². The van der Waals surface area contributed by atoms with E-state index in [2.05, 4.69) is 9.97 Å². The number of carbonyl (C=O) groups is 1. The van der Waals surface area contributed by atoms with Gasteiger partial charge in [0.1, 0.15) is 12.0 Å². The normalized spacial score (nSPS) is 10.8. The molecule has 0 saturated heterocycles. The molecule has 5 heteroatoms. The fourth-order valence-electron chi connectivity index (χ4n) is 1.47. The molecule has 3 aromatic heterocycles. The van der Waals surface area contributed by atoms with Gasteiger partial charge in [0.15, 0.2) is 0 Å². The molecule has 78 valence electrons. The summed E-state index contributed by atoms with van der Waals surface area (Å²) in [5, 5.41) is 3.81. The first-order chi connectivity index (χ1) is 7.86. The lowest BCUT2D eigenvalue weighted by atomic mass is 10.2. The SMILES string of the molecule is O=C(c1cccs1)c1ncnc2ccsc12. The maximum absolute atomic E-state index is 12.1. The highest BCUT2D eigenvalue weighted by molar-refractivity contribution is 7.17. The number of rotatable bonds is 2. The van der Waals surface area contributed by atoms with E-state index in [1.54, 1.807) is 0 Å². The van der Waals surface area contributed by atoms with Crippen LogP contribution in [0.25, 0.3) is 10.2 Å². The minimum atomic E-state index is -0.0233. The van der Waals surface area contributed by atoms with Crippen LogP contribution in [0.15, 0.2) is 35.3 Å². The zero-order valence-electron chi connectivity index (χ0n) is 8.08. The van der Waals surface area contributed by atoms with Crippen LogP contribution < -0.4 is 0 Å². The standard InChI is InChI=1S/C11H6N2OS2/c14-10(8-2-1-4-15-8)9-11-7(3-5-16-11)12-6-13-9/h1-6H. The third-order valence-corrected chi connectivity index (χ3v) is 3.98. The van der Waals surface area contributed by atoms with Gasteiger partial charge in [-0.15, -0.1) is 22.7 Å². The van der Waals surface area contributed by atoms with E-state index in [4.69, 9.17) is 0 Å². The van der Waals surface area contributed by atoms with Crippen LogP contribution in [0, 0.1) is 0 Å². The lowest BCUT2D eigenvalue weighted by Crippen LogP contribution is -2.02. The van der Waals surface area contributed by atoms with Crippen LogP contribution in [-0.4, -0.2) is 15.8 Å². The van der Waals surface area contributed by atoms with Gasteiger partial charge in [0.2, 0.25) is 5.78 Å². The summed E-state index contributed by atoms with van der Waals surface area (Å²) in [5.41, 5.74) is 1.34. The Labute approximate surface area is 99.4 Å². The van der Waals surface area contributed by atoms with Crippen LogP contribution in [0.1, 0.15) is 15.4 Å². The van der Waals surface area contributed by atoms with Crippen molar-refractivity contribution in [3.8, 4) is 0 Å². The highest BCUT2D eigenvalue weighted by atomic mass is 32.1. The molecule has 0 radical (unpaired) electrons. The summed E-state index contributed by atoms with van der Waals surface area (Å²) in [7, 11) is 0. The first-order valence-electron chi connectivity index (χ1n) is 4.62. The van der Waals surface area contributed by atoms with Crippen LogP contribution in [0.4, 0.5) is 0 Å². The molecule has 0 atom stereocenters. The fourth-order valence-corrected chi connectivity index (χ4v) is 2.97. The number of thiophene rings is 2. The molecule has 3 nitrogen and oxygen atoms in total.